The molecule has 10 heavy (non-hydrogen) atoms. The lowest BCUT2D eigenvalue weighted by atomic mass is 10.5. The summed E-state index contributed by atoms with van der Waals surface area (Å²) >= 11 is 0. The first kappa shape index (κ1) is 16.3. The van der Waals surface area contributed by atoms with Gasteiger partial charge in [0.1, 0.15) is 0 Å². The Kier molecular flexibility index (Phi) is 38.2. The van der Waals surface area contributed by atoms with Crippen LogP contribution in [0, 0.1) is 5.41 Å². The minimum Gasteiger partial charge on any atom is -0.323 e. The van der Waals surface area contributed by atoms with Crippen molar-refractivity contribution in [3.63, 3.8) is 0 Å². The van der Waals surface area contributed by atoms with Crippen LogP contribution in [0.5, 0.6) is 0 Å². The number of rotatable bonds is 2. The van der Waals surface area contributed by atoms with E-state index in [1.54, 1.807) is 0 Å². The zero-order chi connectivity index (χ0) is 7.54. The molecule has 0 aliphatic rings. The maximum atomic E-state index is 6.29. The predicted molar refractivity (Wildman–Crippen MR) is 47.5 cm³/mol. The Labute approximate surface area is 68.9 Å². The van der Waals surface area contributed by atoms with Gasteiger partial charge in [0, 0.05) is 6.54 Å². The Morgan fingerprint density at radius 2 is 1.90 bits per heavy atom. The topological polar surface area (TPSA) is 48.2 Å². The fraction of sp³-hybridized carbons (Fsp3) is 0.833. The van der Waals surface area contributed by atoms with E-state index < -0.39 is 0 Å². The van der Waals surface area contributed by atoms with Gasteiger partial charge in [0.2, 0.25) is 0 Å². The van der Waals surface area contributed by atoms with E-state index in [0.29, 0.717) is 0 Å². The van der Waals surface area contributed by atoms with Crippen LogP contribution in [-0.4, -0.2) is 26.6 Å². The number of aliphatic imine (C=N–C) groups is 1. The third-order valence-electron chi connectivity index (χ3n) is 0.414. The average Bonchev–Trinajstić information content (AvgIpc) is 1.86. The highest BCUT2D eigenvalue weighted by molar-refractivity contribution is 5.85. The summed E-state index contributed by atoms with van der Waals surface area (Å²) in [5.41, 5.74) is 0. The fourth-order valence-corrected chi connectivity index (χ4v) is 0.168. The van der Waals surface area contributed by atoms with E-state index in [4.69, 9.17) is 5.41 Å². The molecule has 3 nitrogen and oxygen atoms in total. The van der Waals surface area contributed by atoms with Crippen LogP contribution >= 0.6 is 12.4 Å². The van der Waals surface area contributed by atoms with Crippen LogP contribution in [0.4, 0.5) is 0 Å². The summed E-state index contributed by atoms with van der Waals surface area (Å²) in [6, 6.07) is 1.94. The predicted octanol–water partition coefficient (Wildman–Crippen LogP) is 1.41. The Morgan fingerprint density at radius 1 is 1.50 bits per heavy atom. The lowest BCUT2D eigenvalue weighted by Gasteiger charge is -1.73. The molecule has 0 saturated heterocycles. The fourth-order valence-electron chi connectivity index (χ4n) is 0.168. The van der Waals surface area contributed by atoms with Crippen molar-refractivity contribution in [2.45, 2.75) is 13.3 Å². The lowest BCUT2D eigenvalue weighted by molar-refractivity contribution is 0.936. The molecule has 0 saturated carbocycles. The van der Waals surface area contributed by atoms with Crippen molar-refractivity contribution in [1.82, 2.24) is 5.32 Å². The Hall–Kier alpha value is -0.370. The van der Waals surface area contributed by atoms with Crippen LogP contribution in [0.2, 0.25) is 0 Å². The number of hydrogen-bond donors (Lipinski definition) is 2. The van der Waals surface area contributed by atoms with E-state index in [0.717, 1.165) is 13.0 Å². The highest BCUT2D eigenvalue weighted by Crippen LogP contribution is 1.71. The number of halogens is 1. The smallest absolute Gasteiger partial charge is 0.0861 e. The molecular formula is C6H16ClN3. The Balaban J connectivity index is -0.000000107. The van der Waals surface area contributed by atoms with Gasteiger partial charge in [-0.1, -0.05) is 6.92 Å². The number of nitrogens with zero attached hydrogens (tertiary/aromatic N) is 1. The first-order valence-corrected chi connectivity index (χ1v) is 3.00. The van der Waals surface area contributed by atoms with Gasteiger partial charge < -0.3 is 5.32 Å². The quantitative estimate of drug-likeness (QED) is 0.598. The Bertz CT molecular complexity index is 79.1. The molecule has 0 bridgehead atoms. The van der Waals surface area contributed by atoms with Gasteiger partial charge in [0.05, 0.1) is 6.01 Å². The maximum absolute atomic E-state index is 6.29. The van der Waals surface area contributed by atoms with Crippen molar-refractivity contribution in [3.05, 3.63) is 0 Å². The average molecular weight is 166 g/mol. The van der Waals surface area contributed by atoms with E-state index >= 15 is 0 Å². The lowest BCUT2D eigenvalue weighted by Crippen LogP contribution is -1.89. The summed E-state index contributed by atoms with van der Waals surface area (Å²) in [5, 5.41) is 9.04. The summed E-state index contributed by atoms with van der Waals surface area (Å²) in [4.78, 5) is 3.51. The molecule has 62 valence electrons. The third-order valence-corrected chi connectivity index (χ3v) is 0.414. The molecule has 0 aliphatic carbocycles. The normalized spacial score (nSPS) is 5.90. The van der Waals surface area contributed by atoms with E-state index in [9.17, 15) is 0 Å². The van der Waals surface area contributed by atoms with E-state index in [2.05, 4.69) is 10.3 Å². The highest BCUT2D eigenvalue weighted by atomic mass is 35.5. The van der Waals surface area contributed by atoms with Crippen LogP contribution in [0.25, 0.3) is 0 Å². The molecule has 0 radical (unpaired) electrons. The van der Waals surface area contributed by atoms with Gasteiger partial charge in [-0.25, -0.2) is 10.4 Å². The van der Waals surface area contributed by atoms with Gasteiger partial charge >= 0.3 is 0 Å². The molecule has 0 unspecified atom stereocenters. The monoisotopic (exact) mass is 165 g/mol. The SMILES string of the molecule is CCCN=C=N.CNC.Cl. The van der Waals surface area contributed by atoms with Gasteiger partial charge in [0.25, 0.3) is 0 Å². The van der Waals surface area contributed by atoms with Gasteiger partial charge in [-0.3, -0.25) is 0 Å². The largest absolute Gasteiger partial charge is 0.323 e. The zero-order valence-electron chi connectivity index (χ0n) is 6.77. The highest BCUT2D eigenvalue weighted by Gasteiger charge is 1.64. The molecule has 0 aliphatic heterocycles. The van der Waals surface area contributed by atoms with Gasteiger partial charge in [0.15, 0.2) is 0 Å². The minimum atomic E-state index is 0. The van der Waals surface area contributed by atoms with Crippen molar-refractivity contribution in [2.75, 3.05) is 20.6 Å². The summed E-state index contributed by atoms with van der Waals surface area (Å²) in [6.07, 6.45) is 1.01. The summed E-state index contributed by atoms with van der Waals surface area (Å²) in [7, 11) is 3.75. The molecule has 0 rings (SSSR count). The van der Waals surface area contributed by atoms with Crippen LogP contribution in [-0.2, 0) is 0 Å². The molecule has 0 aromatic rings. The van der Waals surface area contributed by atoms with Crippen molar-refractivity contribution >= 4 is 18.4 Å². The van der Waals surface area contributed by atoms with Crippen molar-refractivity contribution in [2.24, 2.45) is 4.99 Å². The van der Waals surface area contributed by atoms with E-state index in [1.807, 2.05) is 27.0 Å². The number of hydrogen-bond acceptors (Lipinski definition) is 3. The van der Waals surface area contributed by atoms with Crippen LogP contribution in [0.1, 0.15) is 13.3 Å². The van der Waals surface area contributed by atoms with Crippen LogP contribution in [0.3, 0.4) is 0 Å². The summed E-state index contributed by atoms with van der Waals surface area (Å²) in [6.45, 7) is 2.75. The molecule has 2 N–H and O–H groups in total. The van der Waals surface area contributed by atoms with Crippen molar-refractivity contribution in [1.29, 1.82) is 5.41 Å². The van der Waals surface area contributed by atoms with Crippen molar-refractivity contribution in [3.8, 4) is 0 Å². The molecular weight excluding hydrogens is 150 g/mol. The molecule has 0 aromatic heterocycles. The minimum absolute atomic E-state index is 0. The first-order chi connectivity index (χ1) is 4.33. The van der Waals surface area contributed by atoms with E-state index in [-0.39, 0.29) is 12.4 Å². The molecule has 0 spiro atoms. The number of nitrogens with one attached hydrogen (secondary N) is 2. The van der Waals surface area contributed by atoms with Crippen molar-refractivity contribution < 1.29 is 0 Å². The molecule has 4 heteroatoms. The molecule has 0 atom stereocenters. The second kappa shape index (κ2) is 23.4. The summed E-state index contributed by atoms with van der Waals surface area (Å²) in [5.74, 6) is 0. The maximum Gasteiger partial charge on any atom is 0.0861 e. The molecule has 0 aromatic carbocycles. The Morgan fingerprint density at radius 3 is 2.00 bits per heavy atom. The molecule has 0 amide bonds. The third kappa shape index (κ3) is 48.5. The van der Waals surface area contributed by atoms with Crippen LogP contribution < -0.4 is 5.32 Å². The molecule has 0 fully saturated rings. The zero-order valence-corrected chi connectivity index (χ0v) is 7.59. The second-order valence-corrected chi connectivity index (χ2v) is 1.49. The first-order valence-electron chi connectivity index (χ1n) is 3.00. The second-order valence-electron chi connectivity index (χ2n) is 1.49. The standard InChI is InChI=1S/C4H8N2.C2H7N.ClH/c1-2-3-6-4-5;1-3-2;/h5H,2-3H2,1H3;3H,1-2H3;1H. The van der Waals surface area contributed by atoms with Gasteiger partial charge in [-0.05, 0) is 20.5 Å². The van der Waals surface area contributed by atoms with Gasteiger partial charge in [-0.15, -0.1) is 12.4 Å². The van der Waals surface area contributed by atoms with Gasteiger partial charge in [-0.2, -0.15) is 0 Å². The summed E-state index contributed by atoms with van der Waals surface area (Å²) < 4.78 is 0. The van der Waals surface area contributed by atoms with E-state index in [1.165, 1.54) is 0 Å². The van der Waals surface area contributed by atoms with Crippen LogP contribution in [0.15, 0.2) is 4.99 Å². The molecule has 0 heterocycles.